The number of hydrogen-bond acceptors (Lipinski definition) is 3. The Labute approximate surface area is 121 Å². The van der Waals surface area contributed by atoms with Gasteiger partial charge in [-0.05, 0) is 49.6 Å². The van der Waals surface area contributed by atoms with Crippen molar-refractivity contribution in [3.63, 3.8) is 0 Å². The van der Waals surface area contributed by atoms with E-state index in [1.54, 1.807) is 14.2 Å². The highest BCUT2D eigenvalue weighted by molar-refractivity contribution is 5.70. The molecule has 3 nitrogen and oxygen atoms in total. The number of rotatable bonds is 3. The second kappa shape index (κ2) is 5.49. The van der Waals surface area contributed by atoms with E-state index in [1.807, 2.05) is 6.07 Å². The Kier molecular flexibility index (Phi) is 3.70. The molecule has 108 valence electrons. The zero-order chi connectivity index (χ0) is 14.1. The quantitative estimate of drug-likeness (QED) is 0.843. The number of nitrogens with zero attached hydrogens (tertiary/aromatic N) is 1. The van der Waals surface area contributed by atoms with Gasteiger partial charge in [-0.15, -0.1) is 0 Å². The lowest BCUT2D eigenvalue weighted by atomic mass is 9.83. The first-order chi connectivity index (χ1) is 9.72. The van der Waals surface area contributed by atoms with Crippen LogP contribution in [0, 0.1) is 0 Å². The molecule has 2 aliphatic rings. The highest BCUT2D eigenvalue weighted by atomic mass is 16.5. The summed E-state index contributed by atoms with van der Waals surface area (Å²) in [4.78, 5) is 2.54. The van der Waals surface area contributed by atoms with E-state index in [1.165, 1.54) is 30.4 Å². The predicted molar refractivity (Wildman–Crippen MR) is 81.3 cm³/mol. The van der Waals surface area contributed by atoms with Gasteiger partial charge in [0.15, 0.2) is 11.5 Å². The van der Waals surface area contributed by atoms with E-state index in [-0.39, 0.29) is 0 Å². The van der Waals surface area contributed by atoms with Crippen LogP contribution in [-0.4, -0.2) is 38.3 Å². The van der Waals surface area contributed by atoms with Crippen LogP contribution >= 0.6 is 0 Å². The van der Waals surface area contributed by atoms with Crippen molar-refractivity contribution >= 4 is 5.57 Å². The summed E-state index contributed by atoms with van der Waals surface area (Å²) in [6.07, 6.45) is 7.54. The molecule has 2 bridgehead atoms. The molecule has 0 aromatic heterocycles. The number of benzene rings is 1. The maximum absolute atomic E-state index is 5.42. The molecule has 1 saturated heterocycles. The highest BCUT2D eigenvalue weighted by Gasteiger charge is 2.31. The number of ether oxygens (including phenoxy) is 2. The monoisotopic (exact) mass is 273 g/mol. The minimum Gasteiger partial charge on any atom is -0.493 e. The van der Waals surface area contributed by atoms with Crippen molar-refractivity contribution in [3.05, 3.63) is 29.8 Å². The fourth-order valence-electron chi connectivity index (χ4n) is 3.49. The molecule has 0 radical (unpaired) electrons. The van der Waals surface area contributed by atoms with E-state index in [9.17, 15) is 0 Å². The molecule has 20 heavy (non-hydrogen) atoms. The Hall–Kier alpha value is -1.48. The first kappa shape index (κ1) is 13.5. The molecular formula is C17H23NO2. The second-order valence-corrected chi connectivity index (χ2v) is 5.78. The van der Waals surface area contributed by atoms with Crippen molar-refractivity contribution < 1.29 is 9.47 Å². The fraction of sp³-hybridized carbons (Fsp3) is 0.529. The van der Waals surface area contributed by atoms with Crippen LogP contribution < -0.4 is 9.47 Å². The van der Waals surface area contributed by atoms with Crippen molar-refractivity contribution in [1.29, 1.82) is 0 Å². The molecule has 0 N–H and O–H groups in total. The molecule has 2 aliphatic heterocycles. The average molecular weight is 273 g/mol. The standard InChI is InChI=1S/C17H23NO2/c1-18-14-5-4-6-15(18)10-13(9-14)12-7-8-16(19-2)17(11-12)20-3/h7-9,11,14-15H,4-6,10H2,1-3H3. The Bertz CT molecular complexity index is 524. The van der Waals surface area contributed by atoms with Gasteiger partial charge >= 0.3 is 0 Å². The largest absolute Gasteiger partial charge is 0.493 e. The molecule has 3 heteroatoms. The number of piperidine rings is 1. The molecule has 2 unspecified atom stereocenters. The summed E-state index contributed by atoms with van der Waals surface area (Å²) in [7, 11) is 5.63. The molecule has 2 atom stereocenters. The van der Waals surface area contributed by atoms with Crippen LogP contribution in [-0.2, 0) is 0 Å². The van der Waals surface area contributed by atoms with Gasteiger partial charge in [-0.3, -0.25) is 4.90 Å². The number of fused-ring (bicyclic) bond motifs is 2. The molecule has 1 aromatic carbocycles. The Morgan fingerprint density at radius 1 is 1.10 bits per heavy atom. The van der Waals surface area contributed by atoms with Crippen molar-refractivity contribution in [3.8, 4) is 11.5 Å². The Morgan fingerprint density at radius 2 is 1.90 bits per heavy atom. The summed E-state index contributed by atoms with van der Waals surface area (Å²) in [6, 6.07) is 7.55. The third-order valence-corrected chi connectivity index (χ3v) is 4.74. The minimum atomic E-state index is 0.602. The van der Waals surface area contributed by atoms with Gasteiger partial charge in [0.2, 0.25) is 0 Å². The third-order valence-electron chi connectivity index (χ3n) is 4.74. The summed E-state index contributed by atoms with van der Waals surface area (Å²) >= 11 is 0. The first-order valence-corrected chi connectivity index (χ1v) is 7.38. The van der Waals surface area contributed by atoms with E-state index in [2.05, 4.69) is 30.2 Å². The summed E-state index contributed by atoms with van der Waals surface area (Å²) < 4.78 is 10.7. The summed E-state index contributed by atoms with van der Waals surface area (Å²) in [5.74, 6) is 1.61. The lowest BCUT2D eigenvalue weighted by Gasteiger charge is -2.42. The van der Waals surface area contributed by atoms with Crippen molar-refractivity contribution in [2.45, 2.75) is 37.8 Å². The minimum absolute atomic E-state index is 0.602. The van der Waals surface area contributed by atoms with Gasteiger partial charge in [-0.1, -0.05) is 18.6 Å². The lowest BCUT2D eigenvalue weighted by Crippen LogP contribution is -2.45. The molecule has 0 saturated carbocycles. The van der Waals surface area contributed by atoms with Crippen LogP contribution in [0.1, 0.15) is 31.2 Å². The Morgan fingerprint density at radius 3 is 2.60 bits per heavy atom. The molecule has 0 spiro atoms. The van der Waals surface area contributed by atoms with Gasteiger partial charge in [0.25, 0.3) is 0 Å². The van der Waals surface area contributed by atoms with E-state index in [0.29, 0.717) is 12.1 Å². The molecule has 1 aromatic rings. The molecule has 2 heterocycles. The van der Waals surface area contributed by atoms with Gasteiger partial charge in [0.1, 0.15) is 0 Å². The lowest BCUT2D eigenvalue weighted by molar-refractivity contribution is 0.137. The fourth-order valence-corrected chi connectivity index (χ4v) is 3.49. The zero-order valence-electron chi connectivity index (χ0n) is 12.6. The zero-order valence-corrected chi connectivity index (χ0v) is 12.6. The van der Waals surface area contributed by atoms with E-state index in [0.717, 1.165) is 17.9 Å². The van der Waals surface area contributed by atoms with Crippen molar-refractivity contribution in [2.24, 2.45) is 0 Å². The van der Waals surface area contributed by atoms with Crippen LogP contribution in [0.5, 0.6) is 11.5 Å². The van der Waals surface area contributed by atoms with Crippen LogP contribution in [0.2, 0.25) is 0 Å². The van der Waals surface area contributed by atoms with Crippen LogP contribution in [0.4, 0.5) is 0 Å². The molecule has 3 rings (SSSR count). The van der Waals surface area contributed by atoms with Crippen molar-refractivity contribution in [2.75, 3.05) is 21.3 Å². The number of methoxy groups -OCH3 is 2. The van der Waals surface area contributed by atoms with E-state index in [4.69, 9.17) is 9.47 Å². The first-order valence-electron chi connectivity index (χ1n) is 7.38. The normalized spacial score (nSPS) is 26.1. The average Bonchev–Trinajstić information content (AvgIpc) is 2.46. The molecule has 0 aliphatic carbocycles. The summed E-state index contributed by atoms with van der Waals surface area (Å²) in [5, 5.41) is 0. The topological polar surface area (TPSA) is 21.7 Å². The smallest absolute Gasteiger partial charge is 0.161 e. The van der Waals surface area contributed by atoms with Crippen LogP contribution in [0.3, 0.4) is 0 Å². The van der Waals surface area contributed by atoms with E-state index < -0.39 is 0 Å². The van der Waals surface area contributed by atoms with Gasteiger partial charge in [-0.2, -0.15) is 0 Å². The van der Waals surface area contributed by atoms with Crippen LogP contribution in [0.15, 0.2) is 24.3 Å². The third kappa shape index (κ3) is 2.31. The van der Waals surface area contributed by atoms with Gasteiger partial charge < -0.3 is 9.47 Å². The summed E-state index contributed by atoms with van der Waals surface area (Å²) in [5.41, 5.74) is 2.73. The molecule has 0 amide bonds. The van der Waals surface area contributed by atoms with Gasteiger partial charge in [0, 0.05) is 12.1 Å². The maximum Gasteiger partial charge on any atom is 0.161 e. The van der Waals surface area contributed by atoms with Gasteiger partial charge in [-0.25, -0.2) is 0 Å². The summed E-state index contributed by atoms with van der Waals surface area (Å²) in [6.45, 7) is 0. The van der Waals surface area contributed by atoms with Gasteiger partial charge in [0.05, 0.1) is 14.2 Å². The predicted octanol–water partition coefficient (Wildman–Crippen LogP) is 3.34. The van der Waals surface area contributed by atoms with Crippen molar-refractivity contribution in [1.82, 2.24) is 4.90 Å². The second-order valence-electron chi connectivity index (χ2n) is 5.78. The molecular weight excluding hydrogens is 250 g/mol. The SMILES string of the molecule is COc1ccc(C2=CC3CCCC(C2)N3C)cc1OC. The Balaban J connectivity index is 1.93. The number of hydrogen-bond donors (Lipinski definition) is 0. The molecule has 1 fully saturated rings. The maximum atomic E-state index is 5.42. The highest BCUT2D eigenvalue weighted by Crippen LogP contribution is 2.38. The number of likely N-dealkylation sites (N-methyl/N-ethyl adjacent to an activating group) is 1. The van der Waals surface area contributed by atoms with Crippen LogP contribution in [0.25, 0.3) is 5.57 Å². The van der Waals surface area contributed by atoms with E-state index >= 15 is 0 Å².